The van der Waals surface area contributed by atoms with Crippen LogP contribution in [0.2, 0.25) is 0 Å². The highest BCUT2D eigenvalue weighted by Crippen LogP contribution is 2.32. The summed E-state index contributed by atoms with van der Waals surface area (Å²) in [5.41, 5.74) is 3.22. The average Bonchev–Trinajstić information content (AvgIpc) is 3.47. The van der Waals surface area contributed by atoms with Gasteiger partial charge in [0.2, 0.25) is 11.7 Å². The number of aryl methyl sites for hydroxylation is 1. The molecule has 0 unspecified atom stereocenters. The van der Waals surface area contributed by atoms with Gasteiger partial charge in [-0.3, -0.25) is 9.36 Å². The number of benzene rings is 3. The number of nitrogens with one attached hydrogen (secondary N) is 1. The molecule has 0 saturated heterocycles. The normalized spacial score (nSPS) is 11.0. The quantitative estimate of drug-likeness (QED) is 0.297. The van der Waals surface area contributed by atoms with Crippen molar-refractivity contribution in [2.24, 2.45) is 0 Å². The first-order valence-electron chi connectivity index (χ1n) is 10.8. The monoisotopic (exact) mass is 484 g/mol. The van der Waals surface area contributed by atoms with Crippen LogP contribution in [-0.4, -0.2) is 37.5 Å². The molecule has 8 nitrogen and oxygen atoms in total. The van der Waals surface area contributed by atoms with Crippen molar-refractivity contribution in [1.82, 2.24) is 14.8 Å². The predicted octanol–water partition coefficient (Wildman–Crippen LogP) is 5.42. The molecule has 35 heavy (non-hydrogen) atoms. The molecule has 2 heterocycles. The van der Waals surface area contributed by atoms with Crippen LogP contribution in [0.4, 0.5) is 5.69 Å². The maximum absolute atomic E-state index is 12.6. The van der Waals surface area contributed by atoms with E-state index in [4.69, 9.17) is 9.52 Å². The van der Waals surface area contributed by atoms with Crippen LogP contribution < -0.4 is 5.32 Å². The SMILES string of the molecule is Cc1ccc(-n2c(SCC(=O)Nc3cccc(C(=O)O)c3)nnc2-c2cc3ccccc3o2)cc1. The summed E-state index contributed by atoms with van der Waals surface area (Å²) < 4.78 is 7.89. The van der Waals surface area contributed by atoms with Gasteiger partial charge in [-0.15, -0.1) is 10.2 Å². The highest BCUT2D eigenvalue weighted by atomic mass is 32.2. The maximum Gasteiger partial charge on any atom is 0.335 e. The maximum atomic E-state index is 12.6. The second-order valence-electron chi connectivity index (χ2n) is 7.85. The van der Waals surface area contributed by atoms with Gasteiger partial charge in [-0.1, -0.05) is 53.7 Å². The molecule has 0 aliphatic carbocycles. The van der Waals surface area contributed by atoms with Crippen LogP contribution in [0.3, 0.4) is 0 Å². The molecule has 174 valence electrons. The number of furan rings is 1. The van der Waals surface area contributed by atoms with Crippen LogP contribution in [-0.2, 0) is 4.79 Å². The number of hydrogen-bond donors (Lipinski definition) is 2. The first kappa shape index (κ1) is 22.4. The molecule has 1 amide bonds. The Morgan fingerprint density at radius 2 is 1.80 bits per heavy atom. The number of fused-ring (bicyclic) bond motifs is 1. The van der Waals surface area contributed by atoms with Gasteiger partial charge in [0, 0.05) is 16.8 Å². The first-order chi connectivity index (χ1) is 17.0. The zero-order valence-electron chi connectivity index (χ0n) is 18.6. The third-order valence-corrected chi connectivity index (χ3v) is 6.23. The number of carboxylic acids is 1. The van der Waals surface area contributed by atoms with Gasteiger partial charge in [-0.05, 0) is 49.4 Å². The molecular weight excluding hydrogens is 464 g/mol. The summed E-state index contributed by atoms with van der Waals surface area (Å²) in [7, 11) is 0. The lowest BCUT2D eigenvalue weighted by Crippen LogP contribution is -2.15. The Morgan fingerprint density at radius 1 is 1.00 bits per heavy atom. The largest absolute Gasteiger partial charge is 0.478 e. The van der Waals surface area contributed by atoms with Gasteiger partial charge in [-0.2, -0.15) is 0 Å². The number of nitrogens with zero attached hydrogens (tertiary/aromatic N) is 3. The summed E-state index contributed by atoms with van der Waals surface area (Å²) in [6.07, 6.45) is 0. The van der Waals surface area contributed by atoms with E-state index in [1.54, 1.807) is 12.1 Å². The van der Waals surface area contributed by atoms with Crippen molar-refractivity contribution in [2.75, 3.05) is 11.1 Å². The number of aromatic nitrogens is 3. The number of thioether (sulfide) groups is 1. The van der Waals surface area contributed by atoms with Crippen molar-refractivity contribution in [3.8, 4) is 17.3 Å². The number of rotatable bonds is 7. The van der Waals surface area contributed by atoms with Crippen molar-refractivity contribution in [2.45, 2.75) is 12.1 Å². The molecule has 5 aromatic rings. The average molecular weight is 485 g/mol. The smallest absolute Gasteiger partial charge is 0.335 e. The zero-order valence-corrected chi connectivity index (χ0v) is 19.5. The third kappa shape index (κ3) is 4.80. The lowest BCUT2D eigenvalue weighted by molar-refractivity contribution is -0.113. The van der Waals surface area contributed by atoms with Gasteiger partial charge in [0.1, 0.15) is 5.58 Å². The Bertz CT molecular complexity index is 1510. The van der Waals surface area contributed by atoms with Crippen molar-refractivity contribution in [3.63, 3.8) is 0 Å². The summed E-state index contributed by atoms with van der Waals surface area (Å²) in [6, 6.07) is 23.7. The van der Waals surface area contributed by atoms with Crippen molar-refractivity contribution in [1.29, 1.82) is 0 Å². The molecular formula is C26H20N4O4S. The van der Waals surface area contributed by atoms with E-state index < -0.39 is 5.97 Å². The Morgan fingerprint density at radius 3 is 2.57 bits per heavy atom. The fraction of sp³-hybridized carbons (Fsp3) is 0.0769. The van der Waals surface area contributed by atoms with E-state index in [0.29, 0.717) is 22.4 Å². The minimum Gasteiger partial charge on any atom is -0.478 e. The number of para-hydroxylation sites is 1. The van der Waals surface area contributed by atoms with E-state index in [-0.39, 0.29) is 17.2 Å². The van der Waals surface area contributed by atoms with Crippen LogP contribution in [0.25, 0.3) is 28.2 Å². The highest BCUT2D eigenvalue weighted by Gasteiger charge is 2.20. The summed E-state index contributed by atoms with van der Waals surface area (Å²) in [5.74, 6) is -0.189. The standard InChI is InChI=1S/C26H20N4O4S/c1-16-9-11-20(12-10-16)30-24(22-14-17-5-2-3-8-21(17)34-22)28-29-26(30)35-15-23(31)27-19-7-4-6-18(13-19)25(32)33/h2-14H,15H2,1H3,(H,27,31)(H,32,33). The zero-order chi connectivity index (χ0) is 24.4. The van der Waals surface area contributed by atoms with Crippen molar-refractivity contribution >= 4 is 40.3 Å². The van der Waals surface area contributed by atoms with Gasteiger partial charge >= 0.3 is 5.97 Å². The molecule has 0 spiro atoms. The molecule has 0 aliphatic rings. The van der Waals surface area contributed by atoms with E-state index in [2.05, 4.69) is 15.5 Å². The Balaban J connectivity index is 1.42. The van der Waals surface area contributed by atoms with Crippen molar-refractivity contribution in [3.05, 3.63) is 90.0 Å². The Labute approximate surface area is 204 Å². The molecule has 2 N–H and O–H groups in total. The van der Waals surface area contributed by atoms with Crippen LogP contribution in [0.15, 0.2) is 88.4 Å². The number of hydrogen-bond acceptors (Lipinski definition) is 6. The van der Waals surface area contributed by atoms with Gasteiger partial charge < -0.3 is 14.8 Å². The van der Waals surface area contributed by atoms with Crippen LogP contribution >= 0.6 is 11.8 Å². The molecule has 0 bridgehead atoms. The van der Waals surface area contributed by atoms with Gasteiger partial charge in [0.25, 0.3) is 0 Å². The van der Waals surface area contributed by atoms with Crippen LogP contribution in [0.1, 0.15) is 15.9 Å². The van der Waals surface area contributed by atoms with E-state index >= 15 is 0 Å². The third-order valence-electron chi connectivity index (χ3n) is 5.30. The molecule has 0 atom stereocenters. The molecule has 0 fully saturated rings. The topological polar surface area (TPSA) is 110 Å². The lowest BCUT2D eigenvalue weighted by Gasteiger charge is -2.10. The molecule has 2 aromatic heterocycles. The van der Waals surface area contributed by atoms with Crippen LogP contribution in [0.5, 0.6) is 0 Å². The molecule has 0 saturated carbocycles. The lowest BCUT2D eigenvalue weighted by atomic mass is 10.2. The van der Waals surface area contributed by atoms with E-state index in [9.17, 15) is 9.59 Å². The summed E-state index contributed by atoms with van der Waals surface area (Å²) in [5, 5.41) is 22.1. The second-order valence-corrected chi connectivity index (χ2v) is 8.79. The van der Waals surface area contributed by atoms with Gasteiger partial charge in [0.05, 0.1) is 11.3 Å². The minimum atomic E-state index is -1.06. The Hall–Kier alpha value is -4.37. The molecule has 0 aliphatic heterocycles. The molecule has 9 heteroatoms. The van der Waals surface area contributed by atoms with E-state index in [0.717, 1.165) is 22.2 Å². The Kier molecular flexibility index (Phi) is 6.07. The van der Waals surface area contributed by atoms with Crippen LogP contribution in [0, 0.1) is 6.92 Å². The van der Waals surface area contributed by atoms with Crippen molar-refractivity contribution < 1.29 is 19.1 Å². The summed E-state index contributed by atoms with van der Waals surface area (Å²) in [4.78, 5) is 23.8. The molecule has 0 radical (unpaired) electrons. The fourth-order valence-corrected chi connectivity index (χ4v) is 4.35. The highest BCUT2D eigenvalue weighted by molar-refractivity contribution is 7.99. The number of carboxylic acid groups (broad SMARTS) is 1. The summed E-state index contributed by atoms with van der Waals surface area (Å²) >= 11 is 1.23. The minimum absolute atomic E-state index is 0.0570. The van der Waals surface area contributed by atoms with E-state index in [1.165, 1.54) is 23.9 Å². The number of amides is 1. The fourth-order valence-electron chi connectivity index (χ4n) is 3.60. The first-order valence-corrected chi connectivity index (χ1v) is 11.7. The van der Waals surface area contributed by atoms with E-state index in [1.807, 2.05) is 66.1 Å². The predicted molar refractivity (Wildman–Crippen MR) is 134 cm³/mol. The number of carbonyl (C=O) groups excluding carboxylic acids is 1. The number of aromatic carboxylic acids is 1. The molecule has 3 aromatic carbocycles. The van der Waals surface area contributed by atoms with Gasteiger partial charge in [0.15, 0.2) is 10.9 Å². The summed E-state index contributed by atoms with van der Waals surface area (Å²) in [6.45, 7) is 2.01. The number of anilines is 1. The molecule has 5 rings (SSSR count). The second kappa shape index (κ2) is 9.47. The van der Waals surface area contributed by atoms with Gasteiger partial charge in [-0.25, -0.2) is 4.79 Å². The number of carbonyl (C=O) groups is 2.